The van der Waals surface area contributed by atoms with E-state index in [1.54, 1.807) is 12.1 Å². The van der Waals surface area contributed by atoms with Crippen molar-refractivity contribution in [1.82, 2.24) is 30.0 Å². The zero-order valence-corrected chi connectivity index (χ0v) is 16.9. The molecule has 30 heavy (non-hydrogen) atoms. The number of benzene rings is 1. The minimum Gasteiger partial charge on any atom is -0.459 e. The summed E-state index contributed by atoms with van der Waals surface area (Å²) in [5, 5.41) is 12.9. The minimum atomic E-state index is -0.0494. The van der Waals surface area contributed by atoms with E-state index in [0.717, 1.165) is 31.8 Å². The van der Waals surface area contributed by atoms with E-state index in [1.807, 2.05) is 15.6 Å². The molecule has 1 aromatic carbocycles. The Morgan fingerprint density at radius 1 is 1.00 bits per heavy atom. The quantitative estimate of drug-likeness (QED) is 0.648. The number of furan rings is 1. The number of amides is 1. The summed E-state index contributed by atoms with van der Waals surface area (Å²) >= 11 is 0. The van der Waals surface area contributed by atoms with Gasteiger partial charge in [-0.3, -0.25) is 9.69 Å². The summed E-state index contributed by atoms with van der Waals surface area (Å²) < 4.78 is 7.34. The van der Waals surface area contributed by atoms with Crippen molar-refractivity contribution in [2.24, 2.45) is 0 Å². The number of carbonyl (C=O) groups excluding carboxylic acids is 1. The average Bonchev–Trinajstić information content (AvgIpc) is 3.57. The number of aromatic nitrogens is 4. The number of piperazine rings is 1. The topological polar surface area (TPSA) is 80.3 Å². The second kappa shape index (κ2) is 8.39. The molecule has 3 heterocycles. The molecule has 1 atom stereocenters. The van der Waals surface area contributed by atoms with E-state index in [9.17, 15) is 4.79 Å². The number of hydrogen-bond donors (Lipinski definition) is 0. The van der Waals surface area contributed by atoms with Crippen LogP contribution in [0.4, 0.5) is 0 Å². The largest absolute Gasteiger partial charge is 0.459 e. The third kappa shape index (κ3) is 3.63. The molecule has 8 nitrogen and oxygen atoms in total. The summed E-state index contributed by atoms with van der Waals surface area (Å²) in [6, 6.07) is 14.2. The highest BCUT2D eigenvalue weighted by Crippen LogP contribution is 2.34. The van der Waals surface area contributed by atoms with Crippen molar-refractivity contribution >= 4 is 5.91 Å². The molecule has 1 amide bonds. The lowest BCUT2D eigenvalue weighted by Gasteiger charge is -2.38. The molecule has 0 radical (unpaired) electrons. The Morgan fingerprint density at radius 3 is 2.47 bits per heavy atom. The van der Waals surface area contributed by atoms with Crippen molar-refractivity contribution in [3.05, 3.63) is 65.9 Å². The van der Waals surface area contributed by atoms with Crippen molar-refractivity contribution < 1.29 is 9.21 Å². The Labute approximate surface area is 175 Å². The van der Waals surface area contributed by atoms with Gasteiger partial charge in [0, 0.05) is 26.2 Å². The Kier molecular flexibility index (Phi) is 5.31. The van der Waals surface area contributed by atoms with Gasteiger partial charge in [0.25, 0.3) is 5.91 Å². The molecule has 1 aliphatic carbocycles. The van der Waals surface area contributed by atoms with Crippen molar-refractivity contribution in [3.63, 3.8) is 0 Å². The van der Waals surface area contributed by atoms with Crippen LogP contribution in [0.2, 0.25) is 0 Å². The lowest BCUT2D eigenvalue weighted by atomic mass is 10.0. The Balaban J connectivity index is 1.39. The van der Waals surface area contributed by atoms with Gasteiger partial charge >= 0.3 is 0 Å². The molecule has 156 valence electrons. The van der Waals surface area contributed by atoms with Crippen LogP contribution in [-0.4, -0.2) is 62.1 Å². The third-order valence-corrected chi connectivity index (χ3v) is 6.25. The number of tetrazole rings is 1. The highest BCUT2D eigenvalue weighted by molar-refractivity contribution is 5.91. The monoisotopic (exact) mass is 406 g/mol. The van der Waals surface area contributed by atoms with Crippen LogP contribution in [0.1, 0.15) is 59.7 Å². The van der Waals surface area contributed by atoms with Crippen LogP contribution in [0, 0.1) is 0 Å². The predicted molar refractivity (Wildman–Crippen MR) is 110 cm³/mol. The minimum absolute atomic E-state index is 0.0253. The maximum Gasteiger partial charge on any atom is 0.289 e. The molecule has 0 N–H and O–H groups in total. The molecule has 8 heteroatoms. The van der Waals surface area contributed by atoms with Crippen LogP contribution < -0.4 is 0 Å². The van der Waals surface area contributed by atoms with Crippen molar-refractivity contribution in [2.45, 2.75) is 37.8 Å². The van der Waals surface area contributed by atoms with E-state index in [2.05, 4.69) is 44.7 Å². The Morgan fingerprint density at radius 2 is 1.77 bits per heavy atom. The van der Waals surface area contributed by atoms with Gasteiger partial charge in [-0.25, -0.2) is 4.68 Å². The van der Waals surface area contributed by atoms with Crippen LogP contribution >= 0.6 is 0 Å². The Bertz CT molecular complexity index is 957. The second-order valence-electron chi connectivity index (χ2n) is 8.04. The van der Waals surface area contributed by atoms with Crippen LogP contribution in [0.5, 0.6) is 0 Å². The van der Waals surface area contributed by atoms with E-state index < -0.39 is 0 Å². The summed E-state index contributed by atoms with van der Waals surface area (Å²) in [6.45, 7) is 2.80. The molecule has 2 aromatic heterocycles. The fourth-order valence-electron chi connectivity index (χ4n) is 4.69. The van der Waals surface area contributed by atoms with Crippen LogP contribution in [0.3, 0.4) is 0 Å². The summed E-state index contributed by atoms with van der Waals surface area (Å²) in [4.78, 5) is 16.9. The molecule has 2 fully saturated rings. The fraction of sp³-hybridized carbons (Fsp3) is 0.455. The van der Waals surface area contributed by atoms with Crippen LogP contribution in [0.15, 0.2) is 53.1 Å². The molecule has 1 aliphatic heterocycles. The van der Waals surface area contributed by atoms with Gasteiger partial charge in [0.15, 0.2) is 11.6 Å². The smallest absolute Gasteiger partial charge is 0.289 e. The first-order valence-corrected chi connectivity index (χ1v) is 10.7. The number of rotatable bonds is 5. The zero-order valence-electron chi connectivity index (χ0n) is 16.9. The van der Waals surface area contributed by atoms with Crippen molar-refractivity contribution in [1.29, 1.82) is 0 Å². The molecular formula is C22H26N6O2. The van der Waals surface area contributed by atoms with Crippen LogP contribution in [0.25, 0.3) is 0 Å². The molecule has 0 unspecified atom stereocenters. The zero-order chi connectivity index (χ0) is 20.3. The van der Waals surface area contributed by atoms with E-state index in [-0.39, 0.29) is 11.9 Å². The first-order valence-electron chi connectivity index (χ1n) is 10.7. The van der Waals surface area contributed by atoms with Gasteiger partial charge in [-0.15, -0.1) is 5.10 Å². The van der Waals surface area contributed by atoms with E-state index in [4.69, 9.17) is 4.42 Å². The van der Waals surface area contributed by atoms with Gasteiger partial charge in [-0.1, -0.05) is 43.2 Å². The SMILES string of the molecule is O=C(c1ccco1)N1CCN([C@@H](c2ccccc2)c2nnnn2C2CCCC2)CC1. The normalized spacial score (nSPS) is 19.3. The molecule has 1 saturated heterocycles. The van der Waals surface area contributed by atoms with Gasteiger partial charge in [0.2, 0.25) is 0 Å². The molecule has 0 spiro atoms. The number of hydrogen-bond acceptors (Lipinski definition) is 6. The number of nitrogens with zero attached hydrogens (tertiary/aromatic N) is 6. The van der Waals surface area contributed by atoms with E-state index in [1.165, 1.54) is 24.7 Å². The Hall–Kier alpha value is -3.00. The molecular weight excluding hydrogens is 380 g/mol. The lowest BCUT2D eigenvalue weighted by Crippen LogP contribution is -2.50. The predicted octanol–water partition coefficient (Wildman–Crippen LogP) is 2.93. The summed E-state index contributed by atoms with van der Waals surface area (Å²) in [5.41, 5.74) is 1.18. The van der Waals surface area contributed by atoms with Crippen molar-refractivity contribution in [3.8, 4) is 0 Å². The maximum absolute atomic E-state index is 12.6. The van der Waals surface area contributed by atoms with Gasteiger partial charge in [0.05, 0.1) is 18.3 Å². The first kappa shape index (κ1) is 19.0. The molecule has 2 aliphatic rings. The van der Waals surface area contributed by atoms with E-state index in [0.29, 0.717) is 24.9 Å². The standard InChI is InChI=1S/C22H26N6O2/c29-22(19-11-6-16-30-19)27-14-12-26(13-15-27)20(17-7-2-1-3-8-17)21-23-24-25-28(21)18-9-4-5-10-18/h1-3,6-8,11,16,18,20H,4-5,9-10,12-15H2/t20-/m0/s1. The van der Waals surface area contributed by atoms with Gasteiger partial charge in [0.1, 0.15) is 0 Å². The van der Waals surface area contributed by atoms with Crippen LogP contribution in [-0.2, 0) is 0 Å². The van der Waals surface area contributed by atoms with Gasteiger partial charge in [-0.2, -0.15) is 0 Å². The third-order valence-electron chi connectivity index (χ3n) is 6.25. The molecule has 3 aromatic rings. The van der Waals surface area contributed by atoms with Gasteiger partial charge in [-0.05, 0) is 41.0 Å². The second-order valence-corrected chi connectivity index (χ2v) is 8.04. The summed E-state index contributed by atoms with van der Waals surface area (Å²) in [7, 11) is 0. The van der Waals surface area contributed by atoms with Gasteiger partial charge < -0.3 is 9.32 Å². The lowest BCUT2D eigenvalue weighted by molar-refractivity contribution is 0.0558. The highest BCUT2D eigenvalue weighted by atomic mass is 16.3. The van der Waals surface area contributed by atoms with E-state index >= 15 is 0 Å². The fourth-order valence-corrected chi connectivity index (χ4v) is 4.69. The van der Waals surface area contributed by atoms with Crippen molar-refractivity contribution in [2.75, 3.05) is 26.2 Å². The summed E-state index contributed by atoms with van der Waals surface area (Å²) in [5.74, 6) is 1.25. The highest BCUT2D eigenvalue weighted by Gasteiger charge is 2.34. The molecule has 5 rings (SSSR count). The first-order chi connectivity index (χ1) is 14.8. The average molecular weight is 406 g/mol. The summed E-state index contributed by atoms with van der Waals surface area (Å²) in [6.07, 6.45) is 6.26. The maximum atomic E-state index is 12.6. The molecule has 0 bridgehead atoms. The molecule has 1 saturated carbocycles. The number of carbonyl (C=O) groups is 1.